The molecule has 234 valence electrons. The number of nitrogens with zero attached hydrogens (tertiary/aromatic N) is 3. The molecule has 11 heteroatoms. The highest BCUT2D eigenvalue weighted by Gasteiger charge is 2.50. The number of aliphatic hydroxyl groups excluding tert-OH is 1. The number of nitrogens with two attached hydrogens (primary N) is 1. The third-order valence-corrected chi connectivity index (χ3v) is 7.86. The summed E-state index contributed by atoms with van der Waals surface area (Å²) in [6.45, 7) is -0.153. The van der Waals surface area contributed by atoms with Crippen LogP contribution in [0.15, 0.2) is 122 Å². The molecule has 1 aromatic heterocycles. The molecule has 4 aromatic carbocycles. The molecule has 1 aliphatic heterocycles. The van der Waals surface area contributed by atoms with Crippen molar-refractivity contribution in [1.29, 1.82) is 0 Å². The van der Waals surface area contributed by atoms with Gasteiger partial charge in [-0.25, -0.2) is 14.5 Å². The van der Waals surface area contributed by atoms with E-state index in [4.69, 9.17) is 24.7 Å². The van der Waals surface area contributed by atoms with Crippen molar-refractivity contribution in [1.82, 2.24) is 14.8 Å². The molecule has 1 amide bonds. The number of carbonyl (C=O) groups excluding carboxylic acids is 2. The molecule has 2 heterocycles. The standard InChI is InChI=1S/C35H32N4O7/c1-43-27-20-12-11-19-26(27)35(24-15-7-3-8-16-24,25-17-9-4-10-18-25)44-21-28-30(46-34(42)23-13-5-2-6-14-23)29(40)33(45-28)39-22-37-32(38-39)31(36)41/h2-20,22,28-30,33,40H,21H2,1H3,(H2,36,41)/t28-,29-,30-,33-/m1/s1. The van der Waals surface area contributed by atoms with Crippen molar-refractivity contribution in [3.05, 3.63) is 150 Å². The molecule has 0 spiro atoms. The number of hydrogen-bond donors (Lipinski definition) is 2. The number of rotatable bonds is 11. The highest BCUT2D eigenvalue weighted by atomic mass is 16.6. The van der Waals surface area contributed by atoms with Crippen LogP contribution in [0.1, 0.15) is 43.9 Å². The molecule has 46 heavy (non-hydrogen) atoms. The Kier molecular flexibility index (Phi) is 8.88. The molecule has 0 saturated carbocycles. The van der Waals surface area contributed by atoms with Gasteiger partial charge in [0.15, 0.2) is 12.3 Å². The minimum absolute atomic E-state index is 0.153. The zero-order valence-corrected chi connectivity index (χ0v) is 24.9. The predicted molar refractivity (Wildman–Crippen MR) is 166 cm³/mol. The minimum Gasteiger partial charge on any atom is -0.496 e. The maximum atomic E-state index is 13.2. The summed E-state index contributed by atoms with van der Waals surface area (Å²) in [4.78, 5) is 28.8. The minimum atomic E-state index is -1.40. The summed E-state index contributed by atoms with van der Waals surface area (Å²) in [7, 11) is 1.60. The van der Waals surface area contributed by atoms with Crippen molar-refractivity contribution in [3.63, 3.8) is 0 Å². The van der Waals surface area contributed by atoms with Crippen LogP contribution in [0.2, 0.25) is 0 Å². The summed E-state index contributed by atoms with van der Waals surface area (Å²) in [5.41, 5.74) is 6.77. The molecule has 0 unspecified atom stereocenters. The van der Waals surface area contributed by atoms with Crippen molar-refractivity contribution in [2.75, 3.05) is 13.7 Å². The number of aromatic nitrogens is 3. The van der Waals surface area contributed by atoms with Gasteiger partial charge < -0.3 is 29.8 Å². The van der Waals surface area contributed by atoms with Gasteiger partial charge in [-0.1, -0.05) is 97.1 Å². The van der Waals surface area contributed by atoms with Crippen molar-refractivity contribution >= 4 is 11.9 Å². The topological polar surface area (TPSA) is 148 Å². The highest BCUT2D eigenvalue weighted by molar-refractivity contribution is 5.89. The zero-order chi connectivity index (χ0) is 32.1. The second-order valence-corrected chi connectivity index (χ2v) is 10.6. The fourth-order valence-corrected chi connectivity index (χ4v) is 5.70. The molecule has 0 bridgehead atoms. The second kappa shape index (κ2) is 13.3. The van der Waals surface area contributed by atoms with E-state index in [-0.39, 0.29) is 12.4 Å². The van der Waals surface area contributed by atoms with Gasteiger partial charge in [-0.05, 0) is 29.3 Å². The summed E-state index contributed by atoms with van der Waals surface area (Å²) in [5, 5.41) is 15.6. The van der Waals surface area contributed by atoms with E-state index in [9.17, 15) is 14.7 Å². The fraction of sp³-hybridized carbons (Fsp3) is 0.200. The number of benzene rings is 4. The lowest BCUT2D eigenvalue weighted by Gasteiger charge is -2.37. The second-order valence-electron chi connectivity index (χ2n) is 10.6. The molecule has 3 N–H and O–H groups in total. The molecule has 4 atom stereocenters. The SMILES string of the molecule is COc1ccccc1C(OC[C@H]1O[C@@H](n2cnc(C(N)=O)n2)[C@H](O)[C@@H]1OC(=O)c1ccccc1)(c1ccccc1)c1ccccc1. The van der Waals surface area contributed by atoms with Crippen LogP contribution in [0.5, 0.6) is 5.75 Å². The molecule has 1 saturated heterocycles. The Bertz CT molecular complexity index is 1740. The van der Waals surface area contributed by atoms with Gasteiger partial charge in [-0.15, -0.1) is 5.10 Å². The molecular formula is C35H32N4O7. The first kappa shape index (κ1) is 30.7. The Morgan fingerprint density at radius 3 is 2.07 bits per heavy atom. The lowest BCUT2D eigenvalue weighted by Crippen LogP contribution is -2.42. The predicted octanol–water partition coefficient (Wildman–Crippen LogP) is 3.88. The molecule has 0 radical (unpaired) electrons. The van der Waals surface area contributed by atoms with Crippen LogP contribution in [0, 0.1) is 0 Å². The number of aliphatic hydroxyl groups is 1. The van der Waals surface area contributed by atoms with E-state index in [0.29, 0.717) is 11.3 Å². The number of amides is 1. The largest absolute Gasteiger partial charge is 0.496 e. The van der Waals surface area contributed by atoms with Crippen molar-refractivity contribution in [2.45, 2.75) is 30.1 Å². The van der Waals surface area contributed by atoms with E-state index in [0.717, 1.165) is 16.7 Å². The van der Waals surface area contributed by atoms with Crippen LogP contribution in [0.25, 0.3) is 0 Å². The molecule has 11 nitrogen and oxygen atoms in total. The van der Waals surface area contributed by atoms with E-state index >= 15 is 0 Å². The van der Waals surface area contributed by atoms with Gasteiger partial charge >= 0.3 is 5.97 Å². The Balaban J connectivity index is 1.42. The first-order chi connectivity index (χ1) is 22.4. The number of carbonyl (C=O) groups is 2. The Morgan fingerprint density at radius 1 is 0.891 bits per heavy atom. The molecular weight excluding hydrogens is 588 g/mol. The highest BCUT2D eigenvalue weighted by Crippen LogP contribution is 2.45. The molecule has 1 aliphatic rings. The van der Waals surface area contributed by atoms with Gasteiger partial charge in [0.2, 0.25) is 5.82 Å². The van der Waals surface area contributed by atoms with Gasteiger partial charge in [-0.3, -0.25) is 4.79 Å². The van der Waals surface area contributed by atoms with Crippen LogP contribution in [0.4, 0.5) is 0 Å². The average molecular weight is 621 g/mol. The molecule has 0 aliphatic carbocycles. The Hall–Kier alpha value is -5.36. The summed E-state index contributed by atoms with van der Waals surface area (Å²) in [6.07, 6.45) is -3.54. The number of para-hydroxylation sites is 1. The van der Waals surface area contributed by atoms with Gasteiger partial charge in [0.05, 0.1) is 19.3 Å². The normalized spacial score (nSPS) is 19.4. The van der Waals surface area contributed by atoms with Crippen molar-refractivity contribution in [2.24, 2.45) is 5.73 Å². The maximum Gasteiger partial charge on any atom is 0.338 e. The van der Waals surface area contributed by atoms with Crippen molar-refractivity contribution in [3.8, 4) is 5.75 Å². The lowest BCUT2D eigenvalue weighted by atomic mass is 9.79. The van der Waals surface area contributed by atoms with E-state index in [1.54, 1.807) is 37.4 Å². The molecule has 6 rings (SSSR count). The summed E-state index contributed by atoms with van der Waals surface area (Å²) < 4.78 is 26.2. The van der Waals surface area contributed by atoms with Crippen LogP contribution in [0.3, 0.4) is 0 Å². The van der Waals surface area contributed by atoms with Gasteiger partial charge in [-0.2, -0.15) is 0 Å². The van der Waals surface area contributed by atoms with E-state index in [2.05, 4.69) is 10.1 Å². The number of hydrogen-bond acceptors (Lipinski definition) is 9. The van der Waals surface area contributed by atoms with Gasteiger partial charge in [0, 0.05) is 5.56 Å². The maximum absolute atomic E-state index is 13.2. The Morgan fingerprint density at radius 2 is 1.48 bits per heavy atom. The zero-order valence-electron chi connectivity index (χ0n) is 24.9. The summed E-state index contributed by atoms with van der Waals surface area (Å²) in [5.74, 6) is -1.16. The van der Waals surface area contributed by atoms with Crippen molar-refractivity contribution < 1.29 is 33.6 Å². The van der Waals surface area contributed by atoms with Gasteiger partial charge in [0.1, 0.15) is 29.9 Å². The first-order valence-electron chi connectivity index (χ1n) is 14.6. The monoisotopic (exact) mass is 620 g/mol. The quantitative estimate of drug-likeness (QED) is 0.166. The summed E-state index contributed by atoms with van der Waals surface area (Å²) in [6, 6.07) is 35.3. The number of primary amides is 1. The van der Waals surface area contributed by atoms with E-state index < -0.39 is 42.0 Å². The Labute approximate surface area is 265 Å². The lowest BCUT2D eigenvalue weighted by molar-refractivity contribution is -0.0993. The third kappa shape index (κ3) is 5.86. The summed E-state index contributed by atoms with van der Waals surface area (Å²) >= 11 is 0. The fourth-order valence-electron chi connectivity index (χ4n) is 5.70. The van der Waals surface area contributed by atoms with Crippen LogP contribution in [-0.2, 0) is 19.8 Å². The third-order valence-electron chi connectivity index (χ3n) is 7.86. The average Bonchev–Trinajstić information content (AvgIpc) is 3.72. The molecule has 1 fully saturated rings. The number of ether oxygens (including phenoxy) is 4. The first-order valence-corrected chi connectivity index (χ1v) is 14.6. The molecule has 5 aromatic rings. The van der Waals surface area contributed by atoms with Crippen LogP contribution in [-0.4, -0.2) is 63.8 Å². The van der Waals surface area contributed by atoms with Gasteiger partial charge in [0.25, 0.3) is 5.91 Å². The number of methoxy groups -OCH3 is 1. The number of esters is 1. The van der Waals surface area contributed by atoms with E-state index in [1.807, 2.05) is 84.9 Å². The smallest absolute Gasteiger partial charge is 0.338 e. The van der Waals surface area contributed by atoms with Crippen LogP contribution < -0.4 is 10.5 Å². The van der Waals surface area contributed by atoms with E-state index in [1.165, 1.54) is 11.0 Å². The van der Waals surface area contributed by atoms with Crippen LogP contribution >= 0.6 is 0 Å².